The Morgan fingerprint density at radius 1 is 1.07 bits per heavy atom. The second kappa shape index (κ2) is 15.2. The Bertz CT molecular complexity index is 1590. The van der Waals surface area contributed by atoms with Crippen molar-refractivity contribution in [1.82, 2.24) is 10.3 Å². The van der Waals surface area contributed by atoms with Crippen LogP contribution in [0, 0.1) is 0 Å². The van der Waals surface area contributed by atoms with Gasteiger partial charge >= 0.3 is 12.1 Å². The number of anilines is 1. The van der Waals surface area contributed by atoms with Gasteiger partial charge in [0.2, 0.25) is 14.2 Å². The molecule has 1 aliphatic heterocycles. The molecule has 1 aliphatic rings. The van der Waals surface area contributed by atoms with Crippen molar-refractivity contribution in [3.63, 3.8) is 0 Å². The quantitative estimate of drug-likeness (QED) is 0.137. The number of carboxylic acid groups (broad SMARTS) is 1. The molecule has 6 N–H and O–H groups in total. The molecule has 0 radical (unpaired) electrons. The van der Waals surface area contributed by atoms with Crippen LogP contribution in [0.15, 0.2) is 46.8 Å². The Labute approximate surface area is 271 Å². The van der Waals surface area contributed by atoms with Crippen molar-refractivity contribution >= 4 is 72.3 Å². The lowest BCUT2D eigenvalue weighted by Gasteiger charge is -2.39. The molecule has 6 unspecified atom stereocenters. The predicted octanol–water partition coefficient (Wildman–Crippen LogP) is 0.938. The summed E-state index contributed by atoms with van der Waals surface area (Å²) in [4.78, 5) is 30.7. The fraction of sp³-hybridized carbons (Fsp3) is 0.444. The highest BCUT2D eigenvalue weighted by atomic mass is 35.5. The average molecular weight is 709 g/mol. The van der Waals surface area contributed by atoms with Crippen LogP contribution in [0.1, 0.15) is 5.56 Å². The van der Waals surface area contributed by atoms with Crippen molar-refractivity contribution in [3.8, 4) is 5.75 Å². The number of aliphatic hydroxyl groups excluding tert-OH is 4. The maximum atomic E-state index is 13.4. The first kappa shape index (κ1) is 35.1. The lowest BCUT2D eigenvalue weighted by molar-refractivity contribution is -0.252. The standard InChI is InChI=1S/C27H31Cl2N3O11S2/c28-7-9-32(10-8-29)15-3-1-14(2-4-15)11-20(24(36)37)45(40,41)27-30-17-6-5-16(12-19(17)44-27)42-26(39)31-21-23(35)22(34)18(13-33)43-25(21)38/h1-6,12,18,20-23,25,33-35,38H,7-11,13H2,(H,31,39)(H,36,37). The van der Waals surface area contributed by atoms with Crippen molar-refractivity contribution in [2.24, 2.45) is 0 Å². The zero-order valence-electron chi connectivity index (χ0n) is 23.4. The SMILES string of the molecule is O=C(NC1C(O)OC(CO)C(O)C1O)Oc1ccc2nc(S(=O)(=O)C(Cc3ccc(N(CCCl)CCCl)cc3)C(=O)O)sc2c1. The summed E-state index contributed by atoms with van der Waals surface area (Å²) >= 11 is 12.4. The zero-order chi connectivity index (χ0) is 32.9. The number of nitrogens with zero attached hydrogens (tertiary/aromatic N) is 2. The number of benzene rings is 2. The smallest absolute Gasteiger partial charge is 0.413 e. The van der Waals surface area contributed by atoms with Crippen LogP contribution in [0.4, 0.5) is 10.5 Å². The summed E-state index contributed by atoms with van der Waals surface area (Å²) in [5.74, 6) is -0.851. The number of amides is 1. The molecule has 1 amide bonds. The molecule has 0 bridgehead atoms. The molecule has 1 saturated heterocycles. The Balaban J connectivity index is 1.48. The first-order valence-electron chi connectivity index (χ1n) is 13.5. The summed E-state index contributed by atoms with van der Waals surface area (Å²) in [5, 5.41) is 49.7. The van der Waals surface area contributed by atoms with Crippen LogP contribution < -0.4 is 15.0 Å². The van der Waals surface area contributed by atoms with Crippen LogP contribution in [-0.4, -0.2) is 118 Å². The molecule has 0 saturated carbocycles. The molecule has 14 nitrogen and oxygen atoms in total. The molecule has 246 valence electrons. The first-order chi connectivity index (χ1) is 21.4. The molecular formula is C27H31Cl2N3O11S2. The minimum Gasteiger partial charge on any atom is -0.480 e. The number of carbonyl (C=O) groups is 2. The lowest BCUT2D eigenvalue weighted by Crippen LogP contribution is -2.64. The number of aliphatic hydroxyl groups is 4. The summed E-state index contributed by atoms with van der Waals surface area (Å²) in [6, 6.07) is 9.29. The highest BCUT2D eigenvalue weighted by Crippen LogP contribution is 2.32. The predicted molar refractivity (Wildman–Crippen MR) is 165 cm³/mol. The van der Waals surface area contributed by atoms with Gasteiger partial charge in [-0.3, -0.25) is 4.79 Å². The molecule has 45 heavy (non-hydrogen) atoms. The van der Waals surface area contributed by atoms with Crippen molar-refractivity contribution in [2.75, 3.05) is 36.4 Å². The monoisotopic (exact) mass is 707 g/mol. The molecule has 0 spiro atoms. The van der Waals surface area contributed by atoms with Gasteiger partial charge in [-0.25, -0.2) is 18.2 Å². The number of halogens is 2. The van der Waals surface area contributed by atoms with Gasteiger partial charge in [0.25, 0.3) is 0 Å². The van der Waals surface area contributed by atoms with Crippen molar-refractivity contribution in [1.29, 1.82) is 0 Å². The number of rotatable bonds is 13. The Hall–Kier alpha value is -2.80. The number of carboxylic acids is 1. The highest BCUT2D eigenvalue weighted by Gasteiger charge is 2.44. The maximum Gasteiger partial charge on any atom is 0.413 e. The third-order valence-electron chi connectivity index (χ3n) is 7.06. The number of ether oxygens (including phenoxy) is 2. The molecule has 4 rings (SSSR count). The summed E-state index contributed by atoms with van der Waals surface area (Å²) in [7, 11) is -4.45. The number of sulfone groups is 1. The van der Waals surface area contributed by atoms with E-state index in [1.54, 1.807) is 24.3 Å². The van der Waals surface area contributed by atoms with E-state index in [2.05, 4.69) is 10.3 Å². The molecule has 18 heteroatoms. The molecule has 3 aromatic rings. The Kier molecular flexibility index (Phi) is 11.8. The van der Waals surface area contributed by atoms with Gasteiger partial charge in [0, 0.05) is 43.0 Å². The van der Waals surface area contributed by atoms with Crippen molar-refractivity contribution in [3.05, 3.63) is 48.0 Å². The van der Waals surface area contributed by atoms with Crippen LogP contribution in [0.3, 0.4) is 0 Å². The minimum absolute atomic E-state index is 0.0608. The second-order valence-corrected chi connectivity index (χ2v) is 14.1. The van der Waals surface area contributed by atoms with E-state index in [1.165, 1.54) is 18.2 Å². The van der Waals surface area contributed by atoms with Crippen LogP contribution in [0.2, 0.25) is 0 Å². The largest absolute Gasteiger partial charge is 0.480 e. The Morgan fingerprint density at radius 3 is 2.33 bits per heavy atom. The number of alkyl halides is 2. The van der Waals surface area contributed by atoms with E-state index in [-0.39, 0.29) is 22.4 Å². The average Bonchev–Trinajstić information content (AvgIpc) is 3.44. The van der Waals surface area contributed by atoms with E-state index in [0.717, 1.165) is 5.69 Å². The number of carbonyl (C=O) groups excluding carboxylic acids is 1. The van der Waals surface area contributed by atoms with Gasteiger partial charge in [0.05, 0.1) is 16.8 Å². The molecular weight excluding hydrogens is 677 g/mol. The topological polar surface area (TPSA) is 216 Å². The number of nitrogens with one attached hydrogen (secondary N) is 1. The van der Waals surface area contributed by atoms with Gasteiger partial charge in [-0.15, -0.1) is 34.5 Å². The number of aromatic nitrogens is 1. The van der Waals surface area contributed by atoms with E-state index in [9.17, 15) is 43.5 Å². The molecule has 1 fully saturated rings. The molecule has 6 atom stereocenters. The highest BCUT2D eigenvalue weighted by molar-refractivity contribution is 7.94. The van der Waals surface area contributed by atoms with Gasteiger partial charge in [-0.1, -0.05) is 12.1 Å². The molecule has 0 aliphatic carbocycles. The fourth-order valence-corrected chi connectivity index (χ4v) is 8.04. The van der Waals surface area contributed by atoms with Crippen LogP contribution in [0.25, 0.3) is 10.2 Å². The molecule has 2 aromatic carbocycles. The van der Waals surface area contributed by atoms with Crippen LogP contribution >= 0.6 is 34.5 Å². The minimum atomic E-state index is -4.45. The number of fused-ring (bicyclic) bond motifs is 1. The second-order valence-electron chi connectivity index (χ2n) is 10.0. The molecule has 1 aromatic heterocycles. The van der Waals surface area contributed by atoms with E-state index in [4.69, 9.17) is 32.7 Å². The van der Waals surface area contributed by atoms with Gasteiger partial charge < -0.3 is 45.2 Å². The van der Waals surface area contributed by atoms with Gasteiger partial charge in [-0.2, -0.15) is 0 Å². The normalized spacial score (nSPS) is 22.6. The van der Waals surface area contributed by atoms with E-state index in [0.29, 0.717) is 41.7 Å². The van der Waals surface area contributed by atoms with Crippen molar-refractivity contribution in [2.45, 2.75) is 46.7 Å². The van der Waals surface area contributed by atoms with Gasteiger partial charge in [-0.05, 0) is 29.8 Å². The number of aliphatic carboxylic acids is 1. The number of hydrogen-bond donors (Lipinski definition) is 6. The molecule has 2 heterocycles. The third-order valence-corrected chi connectivity index (χ3v) is 10.9. The maximum absolute atomic E-state index is 13.4. The number of thiazole rings is 1. The summed E-state index contributed by atoms with van der Waals surface area (Å²) in [6.45, 7) is 0.419. The lowest BCUT2D eigenvalue weighted by atomic mass is 9.97. The van der Waals surface area contributed by atoms with Crippen molar-refractivity contribution < 1.29 is 53.0 Å². The first-order valence-corrected chi connectivity index (χ1v) is 16.9. The Morgan fingerprint density at radius 2 is 1.73 bits per heavy atom. The zero-order valence-corrected chi connectivity index (χ0v) is 26.5. The van der Waals surface area contributed by atoms with Gasteiger partial charge in [0.1, 0.15) is 30.1 Å². The summed E-state index contributed by atoms with van der Waals surface area (Å²) in [5.41, 5.74) is 1.50. The van der Waals surface area contributed by atoms with Crippen LogP contribution in [-0.2, 0) is 25.8 Å². The third kappa shape index (κ3) is 8.14. The van der Waals surface area contributed by atoms with Gasteiger partial charge in [0.15, 0.2) is 11.5 Å². The number of hydrogen-bond acceptors (Lipinski definition) is 13. The fourth-order valence-electron chi connectivity index (χ4n) is 4.68. The van der Waals surface area contributed by atoms with E-state index in [1.807, 2.05) is 4.90 Å². The summed E-state index contributed by atoms with van der Waals surface area (Å²) < 4.78 is 36.9. The van der Waals surface area contributed by atoms with E-state index >= 15 is 0 Å². The summed E-state index contributed by atoms with van der Waals surface area (Å²) in [6.07, 6.45) is -7.76. The van der Waals surface area contributed by atoms with Crippen LogP contribution in [0.5, 0.6) is 5.75 Å². The van der Waals surface area contributed by atoms with E-state index < -0.39 is 68.7 Å².